The quantitative estimate of drug-likeness (QED) is 0.234. The number of hydrogen-bond acceptors (Lipinski definition) is 5. The topological polar surface area (TPSA) is 88.4 Å². The molecule has 3 aromatic carbocycles. The molecule has 0 radical (unpaired) electrons. The van der Waals surface area contributed by atoms with E-state index < -0.39 is 16.7 Å². The summed E-state index contributed by atoms with van der Waals surface area (Å²) in [6, 6.07) is 20.0. The van der Waals surface area contributed by atoms with Gasteiger partial charge in [0.25, 0.3) is 11.6 Å². The highest BCUT2D eigenvalue weighted by Gasteiger charge is 2.30. The Bertz CT molecular complexity index is 1510. The number of pyridine rings is 1. The van der Waals surface area contributed by atoms with E-state index in [0.717, 1.165) is 43.8 Å². The van der Waals surface area contributed by atoms with Crippen LogP contribution in [-0.2, 0) is 12.7 Å². The first-order valence-corrected chi connectivity index (χ1v) is 12.5. The Morgan fingerprint density at radius 1 is 1.00 bits per heavy atom. The van der Waals surface area contributed by atoms with Crippen molar-refractivity contribution in [1.29, 1.82) is 0 Å². The SMILES string of the molecule is O=C(NC1CCN(Cc2ccc3cc([N+](=O)[O-])ccc3n2)CC1)c1ccccc1-c1ccc(C(F)(F)F)cc1. The molecule has 1 saturated heterocycles. The lowest BCUT2D eigenvalue weighted by molar-refractivity contribution is -0.384. The lowest BCUT2D eigenvalue weighted by Crippen LogP contribution is -2.44. The number of nitrogens with zero attached hydrogens (tertiary/aromatic N) is 3. The van der Waals surface area contributed by atoms with Gasteiger partial charge in [-0.15, -0.1) is 0 Å². The van der Waals surface area contributed by atoms with Crippen molar-refractivity contribution in [2.75, 3.05) is 13.1 Å². The molecule has 1 fully saturated rings. The van der Waals surface area contributed by atoms with Crippen LogP contribution < -0.4 is 5.32 Å². The number of nitro benzene ring substituents is 1. The minimum atomic E-state index is -4.42. The van der Waals surface area contributed by atoms with Gasteiger partial charge in [-0.2, -0.15) is 13.2 Å². The number of fused-ring (bicyclic) bond motifs is 1. The molecule has 39 heavy (non-hydrogen) atoms. The zero-order valence-corrected chi connectivity index (χ0v) is 20.8. The highest BCUT2D eigenvalue weighted by atomic mass is 19.4. The molecule has 1 aliphatic rings. The molecule has 0 saturated carbocycles. The van der Waals surface area contributed by atoms with Crippen molar-refractivity contribution in [3.05, 3.63) is 106 Å². The zero-order valence-electron chi connectivity index (χ0n) is 20.8. The number of hydrogen-bond donors (Lipinski definition) is 1. The van der Waals surface area contributed by atoms with Crippen LogP contribution >= 0.6 is 0 Å². The third kappa shape index (κ3) is 6.06. The van der Waals surface area contributed by atoms with Gasteiger partial charge in [-0.3, -0.25) is 24.8 Å². The largest absolute Gasteiger partial charge is 0.416 e. The van der Waals surface area contributed by atoms with Crippen molar-refractivity contribution in [3.8, 4) is 11.1 Å². The normalized spacial score (nSPS) is 14.8. The number of nitro groups is 1. The van der Waals surface area contributed by atoms with Crippen LogP contribution in [-0.4, -0.2) is 39.8 Å². The van der Waals surface area contributed by atoms with Gasteiger partial charge in [-0.25, -0.2) is 0 Å². The zero-order chi connectivity index (χ0) is 27.6. The van der Waals surface area contributed by atoms with Crippen LogP contribution in [0.15, 0.2) is 78.9 Å². The third-order valence-corrected chi connectivity index (χ3v) is 6.94. The van der Waals surface area contributed by atoms with Crippen LogP contribution in [0.4, 0.5) is 18.9 Å². The predicted octanol–water partition coefficient (Wildman–Crippen LogP) is 6.22. The van der Waals surface area contributed by atoms with E-state index in [9.17, 15) is 28.1 Å². The fourth-order valence-corrected chi connectivity index (χ4v) is 4.86. The van der Waals surface area contributed by atoms with Crippen LogP contribution in [0.5, 0.6) is 0 Å². The average Bonchev–Trinajstić information content (AvgIpc) is 2.93. The minimum absolute atomic E-state index is 0.0282. The molecule has 7 nitrogen and oxygen atoms in total. The summed E-state index contributed by atoms with van der Waals surface area (Å²) in [5, 5.41) is 14.8. The smallest absolute Gasteiger partial charge is 0.349 e. The van der Waals surface area contributed by atoms with Gasteiger partial charge in [0.15, 0.2) is 0 Å². The Morgan fingerprint density at radius 2 is 1.72 bits per heavy atom. The maximum absolute atomic E-state index is 13.1. The van der Waals surface area contributed by atoms with Gasteiger partial charge in [0, 0.05) is 48.8 Å². The van der Waals surface area contributed by atoms with Crippen molar-refractivity contribution in [2.45, 2.75) is 31.6 Å². The van der Waals surface area contributed by atoms with E-state index in [1.807, 2.05) is 12.1 Å². The fraction of sp³-hybridized carbons (Fsp3) is 0.241. The van der Waals surface area contributed by atoms with E-state index >= 15 is 0 Å². The molecule has 0 atom stereocenters. The van der Waals surface area contributed by atoms with Gasteiger partial charge < -0.3 is 5.32 Å². The number of benzene rings is 3. The number of alkyl halides is 3. The first kappa shape index (κ1) is 26.3. The van der Waals surface area contributed by atoms with E-state index in [1.54, 1.807) is 30.3 Å². The van der Waals surface area contributed by atoms with Crippen LogP contribution in [0.3, 0.4) is 0 Å². The average molecular weight is 535 g/mol. The van der Waals surface area contributed by atoms with E-state index in [4.69, 9.17) is 0 Å². The van der Waals surface area contributed by atoms with Crippen molar-refractivity contribution in [3.63, 3.8) is 0 Å². The second-order valence-electron chi connectivity index (χ2n) is 9.58. The van der Waals surface area contributed by atoms with Gasteiger partial charge in [0.05, 0.1) is 21.7 Å². The summed E-state index contributed by atoms with van der Waals surface area (Å²) in [5.41, 5.74) is 2.40. The van der Waals surface area contributed by atoms with Gasteiger partial charge in [0.2, 0.25) is 0 Å². The number of aromatic nitrogens is 1. The molecule has 0 aliphatic carbocycles. The number of carbonyl (C=O) groups is 1. The van der Waals surface area contributed by atoms with E-state index in [0.29, 0.717) is 34.1 Å². The van der Waals surface area contributed by atoms with Gasteiger partial charge in [-0.1, -0.05) is 36.4 Å². The van der Waals surface area contributed by atoms with E-state index in [-0.39, 0.29) is 17.6 Å². The van der Waals surface area contributed by atoms with Gasteiger partial charge in [0.1, 0.15) is 0 Å². The van der Waals surface area contributed by atoms with Crippen LogP contribution in [0.2, 0.25) is 0 Å². The Morgan fingerprint density at radius 3 is 2.41 bits per heavy atom. The molecule has 1 N–H and O–H groups in total. The molecule has 1 aromatic heterocycles. The van der Waals surface area contributed by atoms with Crippen LogP contribution in [0.25, 0.3) is 22.0 Å². The molecule has 0 unspecified atom stereocenters. The minimum Gasteiger partial charge on any atom is -0.349 e. The Kier molecular flexibility index (Phi) is 7.30. The van der Waals surface area contributed by atoms with Crippen molar-refractivity contribution in [2.24, 2.45) is 0 Å². The highest BCUT2D eigenvalue weighted by Crippen LogP contribution is 2.32. The molecule has 0 bridgehead atoms. The Labute approximate surface area is 222 Å². The van der Waals surface area contributed by atoms with E-state index in [1.165, 1.54) is 24.3 Å². The van der Waals surface area contributed by atoms with Crippen LogP contribution in [0, 0.1) is 10.1 Å². The molecule has 10 heteroatoms. The molecule has 2 heterocycles. The van der Waals surface area contributed by atoms with Crippen molar-refractivity contribution in [1.82, 2.24) is 15.2 Å². The molecule has 200 valence electrons. The number of carbonyl (C=O) groups excluding carboxylic acids is 1. The Hall–Kier alpha value is -4.31. The number of nitrogens with one attached hydrogen (secondary N) is 1. The van der Waals surface area contributed by atoms with Gasteiger partial charge >= 0.3 is 6.18 Å². The molecule has 1 aliphatic heterocycles. The second-order valence-corrected chi connectivity index (χ2v) is 9.58. The molecule has 5 rings (SSSR count). The predicted molar refractivity (Wildman–Crippen MR) is 141 cm³/mol. The molecule has 4 aromatic rings. The number of piperidine rings is 1. The third-order valence-electron chi connectivity index (χ3n) is 6.94. The molecule has 1 amide bonds. The summed E-state index contributed by atoms with van der Waals surface area (Å²) >= 11 is 0. The number of halogens is 3. The summed E-state index contributed by atoms with van der Waals surface area (Å²) in [7, 11) is 0. The maximum Gasteiger partial charge on any atom is 0.416 e. The fourth-order valence-electron chi connectivity index (χ4n) is 4.86. The summed E-state index contributed by atoms with van der Waals surface area (Å²) in [4.78, 5) is 30.6. The lowest BCUT2D eigenvalue weighted by Gasteiger charge is -2.32. The Balaban J connectivity index is 1.19. The summed E-state index contributed by atoms with van der Waals surface area (Å²) < 4.78 is 38.8. The number of non-ortho nitro benzene ring substituents is 1. The van der Waals surface area contributed by atoms with E-state index in [2.05, 4.69) is 15.2 Å². The number of likely N-dealkylation sites (tertiary alicyclic amines) is 1. The summed E-state index contributed by atoms with van der Waals surface area (Å²) in [6.07, 6.45) is -2.93. The molecule has 0 spiro atoms. The lowest BCUT2D eigenvalue weighted by atomic mass is 9.97. The molecular weight excluding hydrogens is 509 g/mol. The monoisotopic (exact) mass is 534 g/mol. The molecular formula is C29H25F3N4O3. The van der Waals surface area contributed by atoms with Crippen molar-refractivity contribution < 1.29 is 22.9 Å². The highest BCUT2D eigenvalue weighted by molar-refractivity contribution is 6.01. The van der Waals surface area contributed by atoms with Gasteiger partial charge in [-0.05, 0) is 54.3 Å². The number of rotatable bonds is 6. The maximum atomic E-state index is 13.1. The first-order chi connectivity index (χ1) is 18.7. The second kappa shape index (κ2) is 10.8. The summed E-state index contributed by atoms with van der Waals surface area (Å²) in [6.45, 7) is 2.14. The standard InChI is InChI=1S/C29H25F3N4O3/c30-29(31,32)21-8-5-19(6-9-21)25-3-1-2-4-26(25)28(37)34-22-13-15-35(16-14-22)18-23-10-7-20-17-24(36(38)39)11-12-27(20)33-23/h1-12,17,22H,13-16,18H2,(H,34,37). The van der Waals surface area contributed by atoms with Crippen LogP contribution in [0.1, 0.15) is 34.5 Å². The first-order valence-electron chi connectivity index (χ1n) is 12.5. The summed E-state index contributed by atoms with van der Waals surface area (Å²) in [5.74, 6) is -0.255. The number of amides is 1. The van der Waals surface area contributed by atoms with Crippen molar-refractivity contribution >= 4 is 22.5 Å².